The van der Waals surface area contributed by atoms with Crippen LogP contribution in [0.15, 0.2) is 36.4 Å². The molecule has 1 aliphatic heterocycles. The molecular weight excluding hydrogens is 426 g/mol. The van der Waals surface area contributed by atoms with E-state index in [0.717, 1.165) is 29.9 Å². The maximum Gasteiger partial charge on any atom is 0.262 e. The van der Waals surface area contributed by atoms with Gasteiger partial charge in [-0.25, -0.2) is 0 Å². The Bertz CT molecular complexity index is 949. The summed E-state index contributed by atoms with van der Waals surface area (Å²) in [5, 5.41) is 3.40. The molecule has 3 rings (SSSR count). The Morgan fingerprint density at radius 3 is 2.28 bits per heavy atom. The lowest BCUT2D eigenvalue weighted by atomic mass is 10.1. The predicted molar refractivity (Wildman–Crippen MR) is 130 cm³/mol. The van der Waals surface area contributed by atoms with E-state index in [-0.39, 0.29) is 18.4 Å². The number of benzene rings is 2. The fourth-order valence-corrected chi connectivity index (χ4v) is 4.18. The Labute approximate surface area is 195 Å². The first-order chi connectivity index (χ1) is 15.2. The second-order valence-corrected chi connectivity index (χ2v) is 9.20. The van der Waals surface area contributed by atoms with Crippen molar-refractivity contribution in [3.8, 4) is 5.75 Å². The van der Waals surface area contributed by atoms with Gasteiger partial charge in [0.2, 0.25) is 5.91 Å². The first-order valence-corrected chi connectivity index (χ1v) is 11.4. The molecule has 0 aliphatic carbocycles. The van der Waals surface area contributed by atoms with Crippen LogP contribution in [0.5, 0.6) is 5.75 Å². The fraction of sp³-hybridized carbons (Fsp3) is 0.440. The second kappa shape index (κ2) is 10.7. The SMILES string of the molecule is Cc1cc(C)cc(OCC(=O)Nc2ccc(N3CCN(C(=O)CC(C)C)CC3)c(Cl)c2)c1. The summed E-state index contributed by atoms with van der Waals surface area (Å²) in [6, 6.07) is 11.4. The number of ether oxygens (including phenoxy) is 1. The van der Waals surface area contributed by atoms with E-state index in [9.17, 15) is 9.59 Å². The van der Waals surface area contributed by atoms with Crippen molar-refractivity contribution in [3.63, 3.8) is 0 Å². The van der Waals surface area contributed by atoms with Crippen molar-refractivity contribution in [3.05, 3.63) is 52.5 Å². The predicted octanol–water partition coefficient (Wildman–Crippen LogP) is 4.67. The number of hydrogen-bond donors (Lipinski definition) is 1. The lowest BCUT2D eigenvalue weighted by molar-refractivity contribution is -0.132. The number of nitrogens with zero attached hydrogens (tertiary/aromatic N) is 2. The van der Waals surface area contributed by atoms with Gasteiger partial charge in [-0.05, 0) is 61.2 Å². The van der Waals surface area contributed by atoms with E-state index in [1.807, 2.05) is 43.0 Å². The number of carbonyl (C=O) groups excluding carboxylic acids is 2. The molecule has 1 saturated heterocycles. The van der Waals surface area contributed by atoms with E-state index in [1.54, 1.807) is 6.07 Å². The summed E-state index contributed by atoms with van der Waals surface area (Å²) in [5.74, 6) is 1.01. The second-order valence-electron chi connectivity index (χ2n) is 8.79. The molecule has 0 saturated carbocycles. The van der Waals surface area contributed by atoms with E-state index < -0.39 is 0 Å². The standard InChI is InChI=1S/C25H32ClN3O3/c1-17(2)11-25(31)29-9-7-28(8-10-29)23-6-5-20(15-22(23)26)27-24(30)16-32-21-13-18(3)12-19(4)14-21/h5-6,12-15,17H,7-11,16H2,1-4H3,(H,27,30). The average Bonchev–Trinajstić information content (AvgIpc) is 2.71. The van der Waals surface area contributed by atoms with Crippen molar-refractivity contribution in [2.24, 2.45) is 5.92 Å². The van der Waals surface area contributed by atoms with Crippen molar-refractivity contribution >= 4 is 34.8 Å². The van der Waals surface area contributed by atoms with Gasteiger partial charge in [-0.1, -0.05) is 31.5 Å². The van der Waals surface area contributed by atoms with Gasteiger partial charge in [-0.15, -0.1) is 0 Å². The maximum absolute atomic E-state index is 12.3. The van der Waals surface area contributed by atoms with Crippen molar-refractivity contribution in [2.45, 2.75) is 34.1 Å². The highest BCUT2D eigenvalue weighted by Gasteiger charge is 2.23. The van der Waals surface area contributed by atoms with Gasteiger partial charge in [-0.3, -0.25) is 9.59 Å². The smallest absolute Gasteiger partial charge is 0.262 e. The number of nitrogens with one attached hydrogen (secondary N) is 1. The summed E-state index contributed by atoms with van der Waals surface area (Å²) < 4.78 is 5.62. The van der Waals surface area contributed by atoms with Crippen LogP contribution in [0.3, 0.4) is 0 Å². The molecule has 0 atom stereocenters. The zero-order valence-corrected chi connectivity index (χ0v) is 20.0. The minimum absolute atomic E-state index is 0.0748. The van der Waals surface area contributed by atoms with Gasteiger partial charge in [0.25, 0.3) is 5.91 Å². The van der Waals surface area contributed by atoms with Crippen LogP contribution in [-0.2, 0) is 9.59 Å². The molecule has 2 aromatic rings. The van der Waals surface area contributed by atoms with Gasteiger partial charge in [-0.2, -0.15) is 0 Å². The van der Waals surface area contributed by atoms with Gasteiger partial charge >= 0.3 is 0 Å². The number of halogens is 1. The molecule has 0 unspecified atom stereocenters. The third-order valence-electron chi connectivity index (χ3n) is 5.35. The number of aryl methyl sites for hydroxylation is 2. The highest BCUT2D eigenvalue weighted by Crippen LogP contribution is 2.30. The van der Waals surface area contributed by atoms with Crippen LogP contribution in [0.1, 0.15) is 31.4 Å². The van der Waals surface area contributed by atoms with Crippen molar-refractivity contribution in [2.75, 3.05) is 43.0 Å². The Kier molecular flexibility index (Phi) is 8.02. The quantitative estimate of drug-likeness (QED) is 0.656. The molecule has 2 aromatic carbocycles. The minimum atomic E-state index is -0.245. The molecule has 0 aromatic heterocycles. The Morgan fingerprint density at radius 2 is 1.69 bits per heavy atom. The highest BCUT2D eigenvalue weighted by atomic mass is 35.5. The minimum Gasteiger partial charge on any atom is -0.484 e. The van der Waals surface area contributed by atoms with Crippen LogP contribution in [0, 0.1) is 19.8 Å². The highest BCUT2D eigenvalue weighted by molar-refractivity contribution is 6.33. The normalized spacial score (nSPS) is 13.9. The zero-order valence-electron chi connectivity index (χ0n) is 19.3. The van der Waals surface area contributed by atoms with Gasteiger partial charge in [0, 0.05) is 38.3 Å². The Balaban J connectivity index is 1.52. The first kappa shape index (κ1) is 23.9. The van der Waals surface area contributed by atoms with Crippen LogP contribution in [0.25, 0.3) is 0 Å². The molecule has 6 nitrogen and oxygen atoms in total. The molecule has 7 heteroatoms. The van der Waals surface area contributed by atoms with E-state index in [1.165, 1.54) is 0 Å². The zero-order chi connectivity index (χ0) is 23.3. The van der Waals surface area contributed by atoms with Crippen molar-refractivity contribution in [1.29, 1.82) is 0 Å². The van der Waals surface area contributed by atoms with Crippen molar-refractivity contribution in [1.82, 2.24) is 4.90 Å². The van der Waals surface area contributed by atoms with E-state index in [0.29, 0.717) is 41.9 Å². The molecule has 1 fully saturated rings. The molecule has 172 valence electrons. The third-order valence-corrected chi connectivity index (χ3v) is 5.66. The summed E-state index contributed by atoms with van der Waals surface area (Å²) in [6.45, 7) is 10.9. The number of anilines is 2. The van der Waals surface area contributed by atoms with Gasteiger partial charge < -0.3 is 19.9 Å². The van der Waals surface area contributed by atoms with Gasteiger partial charge in [0.1, 0.15) is 5.75 Å². The number of carbonyl (C=O) groups is 2. The topological polar surface area (TPSA) is 61.9 Å². The summed E-state index contributed by atoms with van der Waals surface area (Å²) in [6.07, 6.45) is 0.586. The number of rotatable bonds is 7. The van der Waals surface area contributed by atoms with E-state index >= 15 is 0 Å². The van der Waals surface area contributed by atoms with Gasteiger partial charge in [0.05, 0.1) is 10.7 Å². The summed E-state index contributed by atoms with van der Waals surface area (Å²) >= 11 is 6.52. The average molecular weight is 458 g/mol. The summed E-state index contributed by atoms with van der Waals surface area (Å²) in [7, 11) is 0. The van der Waals surface area contributed by atoms with Crippen LogP contribution < -0.4 is 15.0 Å². The molecule has 1 heterocycles. The summed E-state index contributed by atoms with van der Waals surface area (Å²) in [5.41, 5.74) is 3.71. The molecule has 0 radical (unpaired) electrons. The first-order valence-electron chi connectivity index (χ1n) is 11.0. The van der Waals surface area contributed by atoms with E-state index in [2.05, 4.69) is 30.1 Å². The molecule has 1 N–H and O–H groups in total. The summed E-state index contributed by atoms with van der Waals surface area (Å²) in [4.78, 5) is 28.7. The lowest BCUT2D eigenvalue weighted by Crippen LogP contribution is -2.49. The van der Waals surface area contributed by atoms with Crippen molar-refractivity contribution < 1.29 is 14.3 Å². The molecule has 2 amide bonds. The third kappa shape index (κ3) is 6.63. The molecule has 0 bridgehead atoms. The van der Waals surface area contributed by atoms with E-state index in [4.69, 9.17) is 16.3 Å². The van der Waals surface area contributed by atoms with Crippen LogP contribution in [0.2, 0.25) is 5.02 Å². The fourth-order valence-electron chi connectivity index (χ4n) is 3.88. The number of piperazine rings is 1. The largest absolute Gasteiger partial charge is 0.484 e. The van der Waals surface area contributed by atoms with Crippen LogP contribution in [0.4, 0.5) is 11.4 Å². The molecule has 0 spiro atoms. The molecule has 1 aliphatic rings. The monoisotopic (exact) mass is 457 g/mol. The Morgan fingerprint density at radius 1 is 1.03 bits per heavy atom. The molecular formula is C25H32ClN3O3. The Hall–Kier alpha value is -2.73. The van der Waals surface area contributed by atoms with Crippen LogP contribution >= 0.6 is 11.6 Å². The maximum atomic E-state index is 12.3. The number of amides is 2. The number of hydrogen-bond acceptors (Lipinski definition) is 4. The molecule has 32 heavy (non-hydrogen) atoms. The van der Waals surface area contributed by atoms with Gasteiger partial charge in [0.15, 0.2) is 6.61 Å². The lowest BCUT2D eigenvalue weighted by Gasteiger charge is -2.36. The van der Waals surface area contributed by atoms with Crippen LogP contribution in [-0.4, -0.2) is 49.5 Å².